The smallest absolute Gasteiger partial charge is 0.303 e. The maximum Gasteiger partial charge on any atom is 0.303 e. The Balaban J connectivity index is 1.75. The number of hydrogen-bond donors (Lipinski definition) is 1. The molecule has 0 atom stereocenters. The molecule has 0 unspecified atom stereocenters. The monoisotopic (exact) mass is 486 g/mol. The quantitative estimate of drug-likeness (QED) is 0.491. The molecule has 174 valence electrons. The van der Waals surface area contributed by atoms with Gasteiger partial charge < -0.3 is 10.0 Å². The van der Waals surface area contributed by atoms with E-state index in [1.54, 1.807) is 18.3 Å². The predicted octanol–water partition coefficient (Wildman–Crippen LogP) is 3.31. The third kappa shape index (κ3) is 4.81. The van der Waals surface area contributed by atoms with Gasteiger partial charge >= 0.3 is 5.97 Å². The second kappa shape index (κ2) is 9.64. The van der Waals surface area contributed by atoms with E-state index in [1.807, 2.05) is 13.0 Å². The molecular weight excluding hydrogens is 460 g/mol. The molecule has 1 N–H and O–H groups in total. The molecular formula is C23H26N4O4S2. The van der Waals surface area contributed by atoms with Gasteiger partial charge in [0.25, 0.3) is 11.5 Å². The first kappa shape index (κ1) is 23.4. The van der Waals surface area contributed by atoms with Crippen LogP contribution in [-0.4, -0.2) is 55.2 Å². The third-order valence-corrected chi connectivity index (χ3v) is 7.45. The van der Waals surface area contributed by atoms with E-state index < -0.39 is 5.97 Å². The van der Waals surface area contributed by atoms with Crippen LogP contribution in [0.4, 0.5) is 5.82 Å². The zero-order valence-corrected chi connectivity index (χ0v) is 20.2. The lowest BCUT2D eigenvalue weighted by molar-refractivity contribution is -0.137. The SMILES string of the molecule is Cc1cccn2c(=O)c(/C=C3/SC(=S)N(CCCC(=O)O)C3=O)c(N3CCC(C)CC3)nc12. The van der Waals surface area contributed by atoms with Gasteiger partial charge in [0.05, 0.1) is 10.5 Å². The van der Waals surface area contributed by atoms with Gasteiger partial charge in [0.15, 0.2) is 0 Å². The van der Waals surface area contributed by atoms with Gasteiger partial charge in [-0.05, 0) is 49.8 Å². The van der Waals surface area contributed by atoms with Crippen molar-refractivity contribution < 1.29 is 14.7 Å². The summed E-state index contributed by atoms with van der Waals surface area (Å²) < 4.78 is 1.89. The van der Waals surface area contributed by atoms with Crippen LogP contribution in [0.5, 0.6) is 0 Å². The minimum atomic E-state index is -0.915. The molecule has 0 radical (unpaired) electrons. The predicted molar refractivity (Wildman–Crippen MR) is 134 cm³/mol. The number of anilines is 1. The van der Waals surface area contributed by atoms with Crippen LogP contribution in [0.25, 0.3) is 11.7 Å². The minimum absolute atomic E-state index is 0.0388. The number of hydrogen-bond acceptors (Lipinski definition) is 7. The summed E-state index contributed by atoms with van der Waals surface area (Å²) in [5, 5.41) is 8.87. The molecule has 0 aliphatic carbocycles. The number of carboxylic acids is 1. The summed E-state index contributed by atoms with van der Waals surface area (Å²) in [6.07, 6.45) is 5.59. The first-order valence-electron chi connectivity index (χ1n) is 11.0. The summed E-state index contributed by atoms with van der Waals surface area (Å²) >= 11 is 6.49. The van der Waals surface area contributed by atoms with Crippen molar-refractivity contribution in [3.05, 3.63) is 44.7 Å². The maximum absolute atomic E-state index is 13.5. The second-order valence-corrected chi connectivity index (χ2v) is 10.2. The Morgan fingerprint density at radius 2 is 2.06 bits per heavy atom. The van der Waals surface area contributed by atoms with Crippen molar-refractivity contribution in [2.24, 2.45) is 5.92 Å². The molecule has 2 fully saturated rings. The number of rotatable bonds is 6. The fourth-order valence-corrected chi connectivity index (χ4v) is 5.39. The fourth-order valence-electron chi connectivity index (χ4n) is 4.10. The van der Waals surface area contributed by atoms with Crippen molar-refractivity contribution in [3.8, 4) is 0 Å². The van der Waals surface area contributed by atoms with Crippen LogP contribution >= 0.6 is 24.0 Å². The van der Waals surface area contributed by atoms with Crippen molar-refractivity contribution in [1.82, 2.24) is 14.3 Å². The number of thioether (sulfide) groups is 1. The molecule has 2 aliphatic heterocycles. The Morgan fingerprint density at radius 1 is 1.33 bits per heavy atom. The molecule has 8 nitrogen and oxygen atoms in total. The Hall–Kier alpha value is -2.72. The molecule has 2 aromatic rings. The molecule has 2 aliphatic rings. The molecule has 2 saturated heterocycles. The van der Waals surface area contributed by atoms with Crippen molar-refractivity contribution in [2.75, 3.05) is 24.5 Å². The number of fused-ring (bicyclic) bond motifs is 1. The molecule has 33 heavy (non-hydrogen) atoms. The molecule has 0 spiro atoms. The second-order valence-electron chi connectivity index (χ2n) is 8.54. The van der Waals surface area contributed by atoms with Crippen molar-refractivity contribution in [2.45, 2.75) is 39.5 Å². The summed E-state index contributed by atoms with van der Waals surface area (Å²) in [6.45, 7) is 5.98. The number of nitrogens with zero attached hydrogens (tertiary/aromatic N) is 4. The number of thiocarbonyl (C=S) groups is 1. The average Bonchev–Trinajstić information content (AvgIpc) is 3.04. The van der Waals surface area contributed by atoms with Crippen LogP contribution in [0, 0.1) is 12.8 Å². The molecule has 0 bridgehead atoms. The molecule has 2 aromatic heterocycles. The highest BCUT2D eigenvalue weighted by Crippen LogP contribution is 2.34. The normalized spacial score (nSPS) is 18.7. The highest BCUT2D eigenvalue weighted by molar-refractivity contribution is 8.26. The Kier molecular flexibility index (Phi) is 6.85. The highest BCUT2D eigenvalue weighted by Gasteiger charge is 2.33. The molecule has 1 amide bonds. The van der Waals surface area contributed by atoms with Crippen LogP contribution in [0.2, 0.25) is 0 Å². The number of pyridine rings is 1. The topological polar surface area (TPSA) is 95.2 Å². The van der Waals surface area contributed by atoms with Gasteiger partial charge in [0.1, 0.15) is 15.8 Å². The van der Waals surface area contributed by atoms with E-state index in [1.165, 1.54) is 9.30 Å². The molecule has 4 rings (SSSR count). The van der Waals surface area contributed by atoms with E-state index in [0.29, 0.717) is 38.6 Å². The van der Waals surface area contributed by atoms with E-state index in [9.17, 15) is 14.4 Å². The largest absolute Gasteiger partial charge is 0.481 e. The van der Waals surface area contributed by atoms with Gasteiger partial charge in [0, 0.05) is 32.3 Å². The van der Waals surface area contributed by atoms with Crippen molar-refractivity contribution in [1.29, 1.82) is 0 Å². The summed E-state index contributed by atoms with van der Waals surface area (Å²) in [4.78, 5) is 46.1. The van der Waals surface area contributed by atoms with Gasteiger partial charge in [0.2, 0.25) is 0 Å². The average molecular weight is 487 g/mol. The zero-order chi connectivity index (χ0) is 23.7. The Bertz CT molecular complexity index is 1210. The standard InChI is InChI=1S/C23H26N4O4S2/c1-14-7-11-25(12-8-14)20-16(21(30)26-9-3-5-15(2)19(26)24-20)13-17-22(31)27(23(32)33-17)10-4-6-18(28)29/h3,5,9,13-14H,4,6-8,10-12H2,1-2H3,(H,28,29)/b17-13+. The number of aryl methyl sites for hydroxylation is 1. The number of amides is 1. The number of aromatic nitrogens is 2. The van der Waals surface area contributed by atoms with Gasteiger partial charge in [-0.3, -0.25) is 23.7 Å². The Morgan fingerprint density at radius 3 is 2.76 bits per heavy atom. The van der Waals surface area contributed by atoms with Crippen molar-refractivity contribution in [3.63, 3.8) is 0 Å². The number of carbonyl (C=O) groups excluding carboxylic acids is 1. The van der Waals surface area contributed by atoms with E-state index in [-0.39, 0.29) is 24.4 Å². The van der Waals surface area contributed by atoms with Crippen LogP contribution in [0.1, 0.15) is 43.7 Å². The molecule has 0 aromatic carbocycles. The lowest BCUT2D eigenvalue weighted by Gasteiger charge is -2.32. The fraction of sp³-hybridized carbons (Fsp3) is 0.435. The number of piperidine rings is 1. The lowest BCUT2D eigenvalue weighted by atomic mass is 9.99. The lowest BCUT2D eigenvalue weighted by Crippen LogP contribution is -2.36. The zero-order valence-electron chi connectivity index (χ0n) is 18.6. The molecule has 0 saturated carbocycles. The van der Waals surface area contributed by atoms with E-state index >= 15 is 0 Å². The molecule has 10 heteroatoms. The Labute approximate surface area is 201 Å². The van der Waals surface area contributed by atoms with E-state index in [4.69, 9.17) is 22.3 Å². The van der Waals surface area contributed by atoms with Gasteiger partial charge in [-0.1, -0.05) is 37.0 Å². The van der Waals surface area contributed by atoms with Gasteiger partial charge in [-0.25, -0.2) is 4.98 Å². The molecule has 4 heterocycles. The van der Waals surface area contributed by atoms with E-state index in [0.717, 1.165) is 43.3 Å². The number of aliphatic carboxylic acids is 1. The van der Waals surface area contributed by atoms with Crippen LogP contribution in [0.15, 0.2) is 28.0 Å². The summed E-state index contributed by atoms with van der Waals surface area (Å²) in [5.74, 6) is -0.00300. The van der Waals surface area contributed by atoms with Crippen LogP contribution in [0.3, 0.4) is 0 Å². The first-order valence-corrected chi connectivity index (χ1v) is 12.2. The maximum atomic E-state index is 13.5. The van der Waals surface area contributed by atoms with Gasteiger partial charge in [-0.2, -0.15) is 0 Å². The third-order valence-electron chi connectivity index (χ3n) is 6.07. The van der Waals surface area contributed by atoms with Gasteiger partial charge in [-0.15, -0.1) is 0 Å². The summed E-state index contributed by atoms with van der Waals surface area (Å²) in [6, 6.07) is 3.73. The highest BCUT2D eigenvalue weighted by atomic mass is 32.2. The summed E-state index contributed by atoms with van der Waals surface area (Å²) in [5.41, 5.74) is 1.65. The minimum Gasteiger partial charge on any atom is -0.481 e. The van der Waals surface area contributed by atoms with Crippen LogP contribution < -0.4 is 10.5 Å². The number of carbonyl (C=O) groups is 2. The van der Waals surface area contributed by atoms with Crippen molar-refractivity contribution >= 4 is 57.7 Å². The first-order chi connectivity index (χ1) is 15.8. The van der Waals surface area contributed by atoms with E-state index in [2.05, 4.69) is 11.8 Å². The van der Waals surface area contributed by atoms with Crippen LogP contribution in [-0.2, 0) is 9.59 Å². The summed E-state index contributed by atoms with van der Waals surface area (Å²) in [7, 11) is 0. The number of carboxylic acid groups (broad SMARTS) is 1.